The summed E-state index contributed by atoms with van der Waals surface area (Å²) >= 11 is 5.96. The molecule has 2 rings (SSSR count). The monoisotopic (exact) mass is 575 g/mol. The van der Waals surface area contributed by atoms with Crippen LogP contribution in [0.2, 0.25) is 5.02 Å². The highest BCUT2D eigenvalue weighted by molar-refractivity contribution is 7.92. The van der Waals surface area contributed by atoms with Crippen LogP contribution in [0.5, 0.6) is 0 Å². The van der Waals surface area contributed by atoms with Crippen LogP contribution in [0.25, 0.3) is 0 Å². The molecule has 0 heterocycles. The van der Waals surface area contributed by atoms with Crippen LogP contribution in [-0.2, 0) is 32.3 Å². The highest BCUT2D eigenvalue weighted by Crippen LogP contribution is 2.32. The molecule has 0 saturated carbocycles. The van der Waals surface area contributed by atoms with Gasteiger partial charge in [0.15, 0.2) is 0 Å². The molecule has 0 aliphatic heterocycles. The molecule has 2 aromatic rings. The molecule has 0 bridgehead atoms. The summed E-state index contributed by atoms with van der Waals surface area (Å²) in [6.45, 7) is 5.29. The zero-order valence-corrected chi connectivity index (χ0v) is 23.3. The number of anilines is 1. The van der Waals surface area contributed by atoms with E-state index in [1.807, 2.05) is 13.8 Å². The summed E-state index contributed by atoms with van der Waals surface area (Å²) in [4.78, 5) is 27.5. The normalized spacial score (nSPS) is 13.5. The molecule has 7 nitrogen and oxygen atoms in total. The van der Waals surface area contributed by atoms with Gasteiger partial charge in [-0.25, -0.2) is 8.42 Å². The van der Waals surface area contributed by atoms with E-state index >= 15 is 0 Å². The minimum atomic E-state index is -4.64. The van der Waals surface area contributed by atoms with Crippen molar-refractivity contribution in [3.8, 4) is 0 Å². The Labute approximate surface area is 227 Å². The molecule has 0 fully saturated rings. The first-order valence-electron chi connectivity index (χ1n) is 12.1. The largest absolute Gasteiger partial charge is 0.416 e. The molecule has 2 amide bonds. The molecule has 210 valence electrons. The van der Waals surface area contributed by atoms with E-state index in [-0.39, 0.29) is 43.6 Å². The average molecular weight is 576 g/mol. The fourth-order valence-electron chi connectivity index (χ4n) is 3.68. The second-order valence-corrected chi connectivity index (χ2v) is 11.5. The first-order chi connectivity index (χ1) is 17.6. The molecule has 0 aliphatic carbocycles. The lowest BCUT2D eigenvalue weighted by atomic mass is 10.1. The van der Waals surface area contributed by atoms with Crippen molar-refractivity contribution in [3.63, 3.8) is 0 Å². The number of alkyl halides is 3. The van der Waals surface area contributed by atoms with E-state index in [9.17, 15) is 31.2 Å². The van der Waals surface area contributed by atoms with E-state index in [2.05, 4.69) is 5.32 Å². The standard InChI is InChI=1S/C26H33ClF3N3O4S/c1-5-18(2)31-25(35)19(3)32(17-20-11-13-22(27)14-12-20)24(34)10-7-15-33(38(4,36)37)23-9-6-8-21(16-23)26(28,29)30/h6,8-9,11-14,16,18-19H,5,7,10,15,17H2,1-4H3,(H,31,35). The number of benzene rings is 2. The third-order valence-corrected chi connectivity index (χ3v) is 7.49. The topological polar surface area (TPSA) is 86.8 Å². The molecule has 12 heteroatoms. The average Bonchev–Trinajstić information content (AvgIpc) is 2.84. The van der Waals surface area contributed by atoms with Gasteiger partial charge in [0.05, 0.1) is 17.5 Å². The van der Waals surface area contributed by atoms with Gasteiger partial charge in [0, 0.05) is 30.6 Å². The van der Waals surface area contributed by atoms with Gasteiger partial charge in [-0.3, -0.25) is 13.9 Å². The maximum atomic E-state index is 13.3. The first kappa shape index (κ1) is 31.4. The van der Waals surface area contributed by atoms with Gasteiger partial charge >= 0.3 is 6.18 Å². The minimum absolute atomic E-state index is 0.0268. The van der Waals surface area contributed by atoms with Crippen LogP contribution in [0.4, 0.5) is 18.9 Å². The number of nitrogens with one attached hydrogen (secondary N) is 1. The molecule has 2 aromatic carbocycles. The molecule has 0 aromatic heterocycles. The van der Waals surface area contributed by atoms with Crippen LogP contribution in [0.15, 0.2) is 48.5 Å². The van der Waals surface area contributed by atoms with Crippen molar-refractivity contribution in [2.24, 2.45) is 0 Å². The fraction of sp³-hybridized carbons (Fsp3) is 0.462. The van der Waals surface area contributed by atoms with Gasteiger partial charge in [0.1, 0.15) is 6.04 Å². The Hall–Kier alpha value is -2.79. The summed E-state index contributed by atoms with van der Waals surface area (Å²) in [5.74, 6) is -0.729. The van der Waals surface area contributed by atoms with Crippen molar-refractivity contribution in [1.82, 2.24) is 10.2 Å². The summed E-state index contributed by atoms with van der Waals surface area (Å²) in [6.07, 6.45) is -3.13. The molecule has 2 unspecified atom stereocenters. The Balaban J connectivity index is 2.21. The van der Waals surface area contributed by atoms with Crippen molar-refractivity contribution in [3.05, 3.63) is 64.7 Å². The number of carbonyl (C=O) groups is 2. The van der Waals surface area contributed by atoms with Crippen LogP contribution >= 0.6 is 11.6 Å². The Kier molecular flexibility index (Phi) is 11.0. The van der Waals surface area contributed by atoms with Gasteiger partial charge in [-0.2, -0.15) is 13.2 Å². The highest BCUT2D eigenvalue weighted by atomic mass is 35.5. The van der Waals surface area contributed by atoms with E-state index < -0.39 is 33.7 Å². The van der Waals surface area contributed by atoms with Crippen LogP contribution in [-0.4, -0.2) is 50.0 Å². The van der Waals surface area contributed by atoms with Gasteiger partial charge in [-0.15, -0.1) is 0 Å². The van der Waals surface area contributed by atoms with E-state index in [4.69, 9.17) is 11.6 Å². The number of nitrogens with zero attached hydrogens (tertiary/aromatic N) is 2. The molecule has 38 heavy (non-hydrogen) atoms. The van der Waals surface area contributed by atoms with Crippen LogP contribution in [0.1, 0.15) is 51.2 Å². The van der Waals surface area contributed by atoms with Crippen molar-refractivity contribution in [1.29, 1.82) is 0 Å². The second-order valence-electron chi connectivity index (χ2n) is 9.13. The summed E-state index contributed by atoms with van der Waals surface area (Å²) in [5.41, 5.74) is -0.378. The summed E-state index contributed by atoms with van der Waals surface area (Å²) in [6, 6.07) is 9.92. The maximum absolute atomic E-state index is 13.3. The number of rotatable bonds is 12. The molecule has 0 aliphatic rings. The van der Waals surface area contributed by atoms with Crippen molar-refractivity contribution in [2.75, 3.05) is 17.1 Å². The molecular weight excluding hydrogens is 543 g/mol. The smallest absolute Gasteiger partial charge is 0.352 e. The number of halogens is 4. The lowest BCUT2D eigenvalue weighted by Gasteiger charge is -2.30. The van der Waals surface area contributed by atoms with Gasteiger partial charge in [0.2, 0.25) is 21.8 Å². The predicted octanol–water partition coefficient (Wildman–Crippen LogP) is 5.24. The number of amides is 2. The van der Waals surface area contributed by atoms with Gasteiger partial charge in [-0.1, -0.05) is 36.7 Å². The van der Waals surface area contributed by atoms with Crippen molar-refractivity contribution in [2.45, 2.75) is 64.8 Å². The zero-order chi connectivity index (χ0) is 28.7. The van der Waals surface area contributed by atoms with Crippen molar-refractivity contribution >= 4 is 39.1 Å². The Bertz CT molecular complexity index is 1210. The predicted molar refractivity (Wildman–Crippen MR) is 142 cm³/mol. The fourth-order valence-corrected chi connectivity index (χ4v) is 4.76. The van der Waals surface area contributed by atoms with Gasteiger partial charge in [-0.05, 0) is 62.6 Å². The van der Waals surface area contributed by atoms with Gasteiger partial charge < -0.3 is 10.2 Å². The number of hydrogen-bond donors (Lipinski definition) is 1. The van der Waals surface area contributed by atoms with E-state index in [1.54, 1.807) is 31.2 Å². The zero-order valence-electron chi connectivity index (χ0n) is 21.8. The van der Waals surface area contributed by atoms with Crippen LogP contribution in [0.3, 0.4) is 0 Å². The third-order valence-electron chi connectivity index (χ3n) is 6.05. The number of carbonyl (C=O) groups excluding carboxylic acids is 2. The highest BCUT2D eigenvalue weighted by Gasteiger charge is 2.32. The Morgan fingerprint density at radius 2 is 1.71 bits per heavy atom. The lowest BCUT2D eigenvalue weighted by Crippen LogP contribution is -2.49. The Morgan fingerprint density at radius 1 is 1.08 bits per heavy atom. The minimum Gasteiger partial charge on any atom is -0.352 e. The molecule has 0 saturated heterocycles. The first-order valence-corrected chi connectivity index (χ1v) is 14.3. The molecule has 0 spiro atoms. The summed E-state index contributed by atoms with van der Waals surface area (Å²) < 4.78 is 65.1. The second kappa shape index (κ2) is 13.3. The third kappa shape index (κ3) is 9.20. The quantitative estimate of drug-likeness (QED) is 0.375. The molecule has 0 radical (unpaired) electrons. The maximum Gasteiger partial charge on any atom is 0.416 e. The van der Waals surface area contributed by atoms with E-state index in [0.717, 1.165) is 34.3 Å². The van der Waals surface area contributed by atoms with E-state index in [0.29, 0.717) is 11.4 Å². The SMILES string of the molecule is CCC(C)NC(=O)C(C)N(Cc1ccc(Cl)cc1)C(=O)CCCN(c1cccc(C(F)(F)F)c1)S(C)(=O)=O. The lowest BCUT2D eigenvalue weighted by molar-refractivity contribution is -0.140. The van der Waals surface area contributed by atoms with E-state index in [1.165, 1.54) is 11.0 Å². The molecule has 2 atom stereocenters. The molecular formula is C26H33ClF3N3O4S. The van der Waals surface area contributed by atoms with Crippen LogP contribution < -0.4 is 9.62 Å². The summed E-state index contributed by atoms with van der Waals surface area (Å²) in [7, 11) is -3.93. The number of sulfonamides is 1. The summed E-state index contributed by atoms with van der Waals surface area (Å²) in [5, 5.41) is 3.38. The van der Waals surface area contributed by atoms with Crippen molar-refractivity contribution < 1.29 is 31.2 Å². The van der Waals surface area contributed by atoms with Gasteiger partial charge in [0.25, 0.3) is 0 Å². The Morgan fingerprint density at radius 3 is 2.26 bits per heavy atom. The van der Waals surface area contributed by atoms with Crippen LogP contribution in [0, 0.1) is 0 Å². The number of hydrogen-bond acceptors (Lipinski definition) is 4. The molecule has 1 N–H and O–H groups in total.